The lowest BCUT2D eigenvalue weighted by Gasteiger charge is -2.14. The van der Waals surface area contributed by atoms with Gasteiger partial charge in [-0.25, -0.2) is 12.8 Å². The van der Waals surface area contributed by atoms with Crippen LogP contribution in [-0.2, 0) is 9.84 Å². The van der Waals surface area contributed by atoms with Crippen molar-refractivity contribution < 1.29 is 30.7 Å². The number of nitrogens with zero attached hydrogens (tertiary/aromatic N) is 1. The predicted octanol–water partition coefficient (Wildman–Crippen LogP) is 5.17. The highest BCUT2D eigenvalue weighted by Crippen LogP contribution is 2.35. The Hall–Kier alpha value is -2.94. The zero-order valence-corrected chi connectivity index (χ0v) is 16.1. The van der Waals surface area contributed by atoms with Crippen LogP contribution in [0.4, 0.5) is 17.6 Å². The SMILES string of the molecule is Cc1ccc(-c2cccnc2-c2ccc(S(C)(=O)=O)c(F)c2)cc1OC(F)(F)F. The summed E-state index contributed by atoms with van der Waals surface area (Å²) in [7, 11) is -3.74. The number of aryl methyl sites for hydroxylation is 1. The molecule has 3 rings (SSSR count). The highest BCUT2D eigenvalue weighted by Gasteiger charge is 2.32. The predicted molar refractivity (Wildman–Crippen MR) is 99.6 cm³/mol. The van der Waals surface area contributed by atoms with Crippen LogP contribution in [0.1, 0.15) is 5.56 Å². The molecule has 0 atom stereocenters. The van der Waals surface area contributed by atoms with Gasteiger partial charge in [-0.05, 0) is 42.3 Å². The van der Waals surface area contributed by atoms with Crippen molar-refractivity contribution in [2.24, 2.45) is 0 Å². The first-order valence-electron chi connectivity index (χ1n) is 8.27. The molecule has 0 N–H and O–H groups in total. The van der Waals surface area contributed by atoms with Crippen molar-refractivity contribution in [2.45, 2.75) is 18.2 Å². The Bertz CT molecular complexity index is 1170. The first-order valence-corrected chi connectivity index (χ1v) is 10.2. The van der Waals surface area contributed by atoms with E-state index < -0.39 is 26.9 Å². The van der Waals surface area contributed by atoms with E-state index in [-0.39, 0.29) is 17.0 Å². The number of pyridine rings is 1. The number of ether oxygens (including phenoxy) is 1. The number of hydrogen-bond acceptors (Lipinski definition) is 4. The zero-order chi connectivity index (χ0) is 21.4. The Labute approximate surface area is 164 Å². The van der Waals surface area contributed by atoms with Crippen LogP contribution in [0.5, 0.6) is 5.75 Å². The van der Waals surface area contributed by atoms with Crippen molar-refractivity contribution >= 4 is 9.84 Å². The third-order valence-electron chi connectivity index (χ3n) is 4.14. The van der Waals surface area contributed by atoms with Gasteiger partial charge >= 0.3 is 6.36 Å². The smallest absolute Gasteiger partial charge is 0.405 e. The minimum Gasteiger partial charge on any atom is -0.405 e. The Morgan fingerprint density at radius 3 is 2.31 bits per heavy atom. The fourth-order valence-electron chi connectivity index (χ4n) is 2.82. The fraction of sp³-hybridized carbons (Fsp3) is 0.150. The standard InChI is InChI=1S/C20H15F4NO3S/c1-12-5-6-13(11-17(12)28-20(22,23)24)15-4-3-9-25-19(15)14-7-8-18(16(21)10-14)29(2,26)27/h3-11H,1-2H3. The minimum absolute atomic E-state index is 0.282. The van der Waals surface area contributed by atoms with Crippen LogP contribution in [0.15, 0.2) is 59.6 Å². The summed E-state index contributed by atoms with van der Waals surface area (Å²) in [6, 6.07) is 11.1. The van der Waals surface area contributed by atoms with Gasteiger partial charge in [0.1, 0.15) is 16.5 Å². The molecule has 0 spiro atoms. The maximum Gasteiger partial charge on any atom is 0.573 e. The molecule has 0 aliphatic heterocycles. The topological polar surface area (TPSA) is 56.3 Å². The zero-order valence-electron chi connectivity index (χ0n) is 15.3. The lowest BCUT2D eigenvalue weighted by Crippen LogP contribution is -2.17. The Morgan fingerprint density at radius 2 is 1.69 bits per heavy atom. The van der Waals surface area contributed by atoms with Gasteiger partial charge in [0, 0.05) is 23.6 Å². The summed E-state index contributed by atoms with van der Waals surface area (Å²) in [6.45, 7) is 1.48. The van der Waals surface area contributed by atoms with Crippen molar-refractivity contribution in [1.29, 1.82) is 0 Å². The third-order valence-corrected chi connectivity index (χ3v) is 5.27. The van der Waals surface area contributed by atoms with Gasteiger partial charge in [-0.2, -0.15) is 0 Å². The second-order valence-electron chi connectivity index (χ2n) is 6.35. The van der Waals surface area contributed by atoms with E-state index in [2.05, 4.69) is 9.72 Å². The van der Waals surface area contributed by atoms with E-state index in [1.165, 1.54) is 31.3 Å². The van der Waals surface area contributed by atoms with Gasteiger partial charge in [-0.15, -0.1) is 13.2 Å². The molecule has 2 aromatic carbocycles. The number of rotatable bonds is 4. The summed E-state index contributed by atoms with van der Waals surface area (Å²) in [5.74, 6) is -1.30. The summed E-state index contributed by atoms with van der Waals surface area (Å²) < 4.78 is 79.6. The van der Waals surface area contributed by atoms with Crippen molar-refractivity contribution in [3.8, 4) is 28.1 Å². The second kappa shape index (κ2) is 7.47. The average Bonchev–Trinajstić information content (AvgIpc) is 2.61. The van der Waals surface area contributed by atoms with E-state index >= 15 is 0 Å². The number of aromatic nitrogens is 1. The molecule has 3 aromatic rings. The van der Waals surface area contributed by atoms with E-state index in [0.29, 0.717) is 16.7 Å². The number of alkyl halides is 3. The quantitative estimate of drug-likeness (QED) is 0.542. The monoisotopic (exact) mass is 425 g/mol. The first kappa shape index (κ1) is 20.8. The molecule has 0 radical (unpaired) electrons. The Morgan fingerprint density at radius 1 is 1.00 bits per heavy atom. The largest absolute Gasteiger partial charge is 0.573 e. The minimum atomic E-state index is -4.84. The molecule has 0 saturated heterocycles. The molecule has 152 valence electrons. The third kappa shape index (κ3) is 4.73. The van der Waals surface area contributed by atoms with E-state index in [1.807, 2.05) is 0 Å². The molecule has 0 amide bonds. The molecule has 4 nitrogen and oxygen atoms in total. The molecule has 0 fully saturated rings. The van der Waals surface area contributed by atoms with Crippen LogP contribution in [0.25, 0.3) is 22.4 Å². The molecular formula is C20H15F4NO3S. The average molecular weight is 425 g/mol. The molecule has 1 aromatic heterocycles. The molecule has 0 unspecified atom stereocenters. The molecule has 1 heterocycles. The highest BCUT2D eigenvalue weighted by molar-refractivity contribution is 7.90. The molecule has 0 bridgehead atoms. The Balaban J connectivity index is 2.12. The van der Waals surface area contributed by atoms with Crippen LogP contribution in [0, 0.1) is 12.7 Å². The highest BCUT2D eigenvalue weighted by atomic mass is 32.2. The summed E-state index contributed by atoms with van der Waals surface area (Å²) >= 11 is 0. The lowest BCUT2D eigenvalue weighted by atomic mass is 9.98. The molecule has 0 aliphatic carbocycles. The summed E-state index contributed by atoms with van der Waals surface area (Å²) in [5, 5.41) is 0. The summed E-state index contributed by atoms with van der Waals surface area (Å²) in [6.07, 6.45) is -2.50. The van der Waals surface area contributed by atoms with E-state index in [1.54, 1.807) is 18.2 Å². The van der Waals surface area contributed by atoms with Crippen LogP contribution in [0.2, 0.25) is 0 Å². The number of halogens is 4. The Kier molecular flexibility index (Phi) is 5.36. The number of benzene rings is 2. The van der Waals surface area contributed by atoms with E-state index in [4.69, 9.17) is 0 Å². The lowest BCUT2D eigenvalue weighted by molar-refractivity contribution is -0.274. The maximum absolute atomic E-state index is 14.3. The summed E-state index contributed by atoms with van der Waals surface area (Å²) in [5.41, 5.74) is 1.68. The normalized spacial score (nSPS) is 12.1. The molecule has 0 saturated carbocycles. The van der Waals surface area contributed by atoms with Crippen LogP contribution < -0.4 is 4.74 Å². The van der Waals surface area contributed by atoms with E-state index in [9.17, 15) is 26.0 Å². The van der Waals surface area contributed by atoms with Crippen LogP contribution in [0.3, 0.4) is 0 Å². The molecular weight excluding hydrogens is 410 g/mol. The molecule has 29 heavy (non-hydrogen) atoms. The van der Waals surface area contributed by atoms with Crippen LogP contribution in [-0.4, -0.2) is 26.0 Å². The van der Waals surface area contributed by atoms with Gasteiger partial charge in [-0.1, -0.05) is 24.3 Å². The van der Waals surface area contributed by atoms with Gasteiger partial charge in [0.15, 0.2) is 9.84 Å². The first-order chi connectivity index (χ1) is 13.5. The van der Waals surface area contributed by atoms with Crippen molar-refractivity contribution in [1.82, 2.24) is 4.98 Å². The van der Waals surface area contributed by atoms with Crippen molar-refractivity contribution in [3.63, 3.8) is 0 Å². The van der Waals surface area contributed by atoms with Crippen molar-refractivity contribution in [3.05, 3.63) is 66.1 Å². The summed E-state index contributed by atoms with van der Waals surface area (Å²) in [4.78, 5) is 3.76. The van der Waals surface area contributed by atoms with Gasteiger partial charge < -0.3 is 4.74 Å². The molecule has 9 heteroatoms. The van der Waals surface area contributed by atoms with Gasteiger partial charge in [0.2, 0.25) is 0 Å². The van der Waals surface area contributed by atoms with Gasteiger partial charge in [-0.3, -0.25) is 4.98 Å². The number of hydrogen-bond donors (Lipinski definition) is 0. The molecule has 0 aliphatic rings. The van der Waals surface area contributed by atoms with Gasteiger partial charge in [0.25, 0.3) is 0 Å². The number of sulfone groups is 1. The van der Waals surface area contributed by atoms with Crippen molar-refractivity contribution in [2.75, 3.05) is 6.26 Å². The maximum atomic E-state index is 14.3. The van der Waals surface area contributed by atoms with E-state index in [0.717, 1.165) is 18.4 Å². The fourth-order valence-corrected chi connectivity index (χ4v) is 3.55. The second-order valence-corrected chi connectivity index (χ2v) is 8.33. The van der Waals surface area contributed by atoms with Crippen LogP contribution >= 0.6 is 0 Å². The van der Waals surface area contributed by atoms with Gasteiger partial charge in [0.05, 0.1) is 5.69 Å².